The minimum absolute atomic E-state index is 0.0215. The first-order chi connectivity index (χ1) is 12.7. The molecule has 0 spiro atoms. The van der Waals surface area contributed by atoms with Gasteiger partial charge >= 0.3 is 6.03 Å². The molecule has 0 radical (unpaired) electrons. The van der Waals surface area contributed by atoms with E-state index in [-0.39, 0.29) is 18.0 Å². The van der Waals surface area contributed by atoms with E-state index in [1.54, 1.807) is 35.6 Å². The second-order valence-corrected chi connectivity index (χ2v) is 6.03. The molecule has 1 atom stereocenters. The molecule has 1 fully saturated rings. The quantitative estimate of drug-likeness (QED) is 0.824. The van der Waals surface area contributed by atoms with Crippen LogP contribution in [0.1, 0.15) is 18.4 Å². The van der Waals surface area contributed by atoms with Crippen molar-refractivity contribution in [2.24, 2.45) is 0 Å². The molecule has 0 bridgehead atoms. The third kappa shape index (κ3) is 4.47. The summed E-state index contributed by atoms with van der Waals surface area (Å²) >= 11 is 0. The van der Waals surface area contributed by atoms with E-state index < -0.39 is 0 Å². The van der Waals surface area contributed by atoms with Crippen LogP contribution in [0.2, 0.25) is 0 Å². The van der Waals surface area contributed by atoms with Gasteiger partial charge < -0.3 is 20.3 Å². The summed E-state index contributed by atoms with van der Waals surface area (Å²) < 4.78 is 5.18. The Morgan fingerprint density at radius 2 is 2.15 bits per heavy atom. The van der Waals surface area contributed by atoms with E-state index in [2.05, 4.69) is 20.6 Å². The molecule has 1 aliphatic rings. The highest BCUT2D eigenvalue weighted by atomic mass is 16.5. The van der Waals surface area contributed by atoms with E-state index in [1.165, 1.54) is 7.11 Å². The summed E-state index contributed by atoms with van der Waals surface area (Å²) in [6, 6.07) is 6.84. The lowest BCUT2D eigenvalue weighted by Crippen LogP contribution is -2.43. The highest BCUT2D eigenvalue weighted by Gasteiger charge is 2.26. The Labute approximate surface area is 151 Å². The minimum atomic E-state index is -0.283. The van der Waals surface area contributed by atoms with Crippen molar-refractivity contribution >= 4 is 17.6 Å². The fourth-order valence-electron chi connectivity index (χ4n) is 2.85. The SMILES string of the molecule is COc1ncccc1NC(=O)N(Cc1ccncc1)C[C@@H]1CCC(=O)N1. The first-order valence-electron chi connectivity index (χ1n) is 8.39. The molecule has 0 aliphatic carbocycles. The number of hydrogen-bond acceptors (Lipinski definition) is 5. The number of rotatable bonds is 6. The number of carbonyl (C=O) groups excluding carboxylic acids is 2. The molecule has 8 heteroatoms. The molecule has 2 N–H and O–H groups in total. The molecule has 1 saturated heterocycles. The molecule has 1 aliphatic heterocycles. The molecule has 0 aromatic carbocycles. The maximum absolute atomic E-state index is 12.9. The van der Waals surface area contributed by atoms with Gasteiger partial charge in [0.2, 0.25) is 11.8 Å². The number of nitrogens with zero attached hydrogens (tertiary/aromatic N) is 3. The number of nitrogens with one attached hydrogen (secondary N) is 2. The topological polar surface area (TPSA) is 96.4 Å². The maximum Gasteiger partial charge on any atom is 0.322 e. The van der Waals surface area contributed by atoms with E-state index in [0.29, 0.717) is 31.1 Å². The Balaban J connectivity index is 1.74. The number of ether oxygens (including phenoxy) is 1. The van der Waals surface area contributed by atoms with Gasteiger partial charge in [0.1, 0.15) is 5.69 Å². The van der Waals surface area contributed by atoms with Crippen LogP contribution in [0.5, 0.6) is 5.88 Å². The van der Waals surface area contributed by atoms with Crippen LogP contribution in [0.4, 0.5) is 10.5 Å². The lowest BCUT2D eigenvalue weighted by molar-refractivity contribution is -0.119. The van der Waals surface area contributed by atoms with Gasteiger partial charge in [0, 0.05) is 44.1 Å². The summed E-state index contributed by atoms with van der Waals surface area (Å²) in [4.78, 5) is 34.1. The summed E-state index contributed by atoms with van der Waals surface area (Å²) in [5, 5.41) is 5.74. The first kappa shape index (κ1) is 17.7. The second kappa shape index (κ2) is 8.28. The van der Waals surface area contributed by atoms with Gasteiger partial charge in [-0.2, -0.15) is 0 Å². The van der Waals surface area contributed by atoms with Crippen molar-refractivity contribution in [3.05, 3.63) is 48.4 Å². The number of carbonyl (C=O) groups is 2. The highest BCUT2D eigenvalue weighted by molar-refractivity contribution is 5.90. The van der Waals surface area contributed by atoms with E-state index in [9.17, 15) is 9.59 Å². The number of urea groups is 1. The minimum Gasteiger partial charge on any atom is -0.480 e. The molecule has 26 heavy (non-hydrogen) atoms. The number of hydrogen-bond donors (Lipinski definition) is 2. The molecular weight excluding hydrogens is 334 g/mol. The number of pyridine rings is 2. The summed E-state index contributed by atoms with van der Waals surface area (Å²) in [5.41, 5.74) is 1.45. The second-order valence-electron chi connectivity index (χ2n) is 6.03. The largest absolute Gasteiger partial charge is 0.480 e. The Kier molecular flexibility index (Phi) is 5.62. The summed E-state index contributed by atoms with van der Waals surface area (Å²) in [5.74, 6) is 0.368. The number of anilines is 1. The average Bonchev–Trinajstić information content (AvgIpc) is 3.07. The van der Waals surface area contributed by atoms with Crippen LogP contribution in [-0.2, 0) is 11.3 Å². The lowest BCUT2D eigenvalue weighted by atomic mass is 10.2. The van der Waals surface area contributed by atoms with Gasteiger partial charge in [-0.15, -0.1) is 0 Å². The maximum atomic E-state index is 12.9. The van der Waals surface area contributed by atoms with Crippen molar-refractivity contribution in [2.75, 3.05) is 19.0 Å². The molecule has 0 unspecified atom stereocenters. The normalized spacial score (nSPS) is 16.0. The number of methoxy groups -OCH3 is 1. The van der Waals surface area contributed by atoms with Crippen LogP contribution >= 0.6 is 0 Å². The average molecular weight is 355 g/mol. The molecular formula is C18H21N5O3. The fraction of sp³-hybridized carbons (Fsp3) is 0.333. The summed E-state index contributed by atoms with van der Waals surface area (Å²) in [7, 11) is 1.50. The van der Waals surface area contributed by atoms with E-state index in [0.717, 1.165) is 12.0 Å². The Bertz CT molecular complexity index is 768. The molecule has 2 aromatic heterocycles. The predicted molar refractivity (Wildman–Crippen MR) is 95.6 cm³/mol. The zero-order valence-corrected chi connectivity index (χ0v) is 14.5. The van der Waals surface area contributed by atoms with E-state index >= 15 is 0 Å². The molecule has 3 amide bonds. The third-order valence-corrected chi connectivity index (χ3v) is 4.14. The van der Waals surface area contributed by atoms with Crippen LogP contribution in [0, 0.1) is 0 Å². The molecule has 136 valence electrons. The smallest absolute Gasteiger partial charge is 0.322 e. The van der Waals surface area contributed by atoms with E-state index in [1.807, 2.05) is 12.1 Å². The van der Waals surface area contributed by atoms with Crippen molar-refractivity contribution < 1.29 is 14.3 Å². The summed E-state index contributed by atoms with van der Waals surface area (Å²) in [6.07, 6.45) is 6.18. The van der Waals surface area contributed by atoms with Gasteiger partial charge in [-0.25, -0.2) is 9.78 Å². The number of aromatic nitrogens is 2. The fourth-order valence-corrected chi connectivity index (χ4v) is 2.85. The van der Waals surface area contributed by atoms with Crippen molar-refractivity contribution in [1.82, 2.24) is 20.2 Å². The van der Waals surface area contributed by atoms with Gasteiger partial charge in [0.25, 0.3) is 0 Å². The van der Waals surface area contributed by atoms with Crippen LogP contribution in [0.25, 0.3) is 0 Å². The zero-order chi connectivity index (χ0) is 18.4. The molecule has 2 aromatic rings. The predicted octanol–water partition coefficient (Wildman–Crippen LogP) is 1.80. The number of amides is 3. The Morgan fingerprint density at radius 1 is 1.35 bits per heavy atom. The lowest BCUT2D eigenvalue weighted by Gasteiger charge is -2.26. The van der Waals surface area contributed by atoms with Gasteiger partial charge in [-0.3, -0.25) is 9.78 Å². The van der Waals surface area contributed by atoms with Crippen molar-refractivity contribution in [1.29, 1.82) is 0 Å². The third-order valence-electron chi connectivity index (χ3n) is 4.14. The Morgan fingerprint density at radius 3 is 2.85 bits per heavy atom. The van der Waals surface area contributed by atoms with Gasteiger partial charge in [-0.05, 0) is 36.2 Å². The van der Waals surface area contributed by atoms with Gasteiger partial charge in [-0.1, -0.05) is 0 Å². The van der Waals surface area contributed by atoms with Crippen molar-refractivity contribution in [3.63, 3.8) is 0 Å². The standard InChI is InChI=1S/C18H21N5O3/c1-26-17-15(3-2-8-20-17)22-18(25)23(11-13-6-9-19-10-7-13)12-14-4-5-16(24)21-14/h2-3,6-10,14H,4-5,11-12H2,1H3,(H,21,24)(H,22,25)/t14-/m0/s1. The Hall–Kier alpha value is -3.16. The van der Waals surface area contributed by atoms with Crippen LogP contribution in [0.15, 0.2) is 42.9 Å². The molecule has 0 saturated carbocycles. The summed E-state index contributed by atoms with van der Waals surface area (Å²) in [6.45, 7) is 0.825. The van der Waals surface area contributed by atoms with Crippen molar-refractivity contribution in [2.45, 2.75) is 25.4 Å². The zero-order valence-electron chi connectivity index (χ0n) is 14.5. The van der Waals surface area contributed by atoms with Crippen molar-refractivity contribution in [3.8, 4) is 5.88 Å². The van der Waals surface area contributed by atoms with E-state index in [4.69, 9.17) is 4.74 Å². The monoisotopic (exact) mass is 355 g/mol. The molecule has 3 heterocycles. The van der Waals surface area contributed by atoms with Crippen LogP contribution in [0.3, 0.4) is 0 Å². The molecule has 8 nitrogen and oxygen atoms in total. The highest BCUT2D eigenvalue weighted by Crippen LogP contribution is 2.21. The molecule has 3 rings (SSSR count). The van der Waals surface area contributed by atoms with Crippen LogP contribution in [-0.4, -0.2) is 46.5 Å². The van der Waals surface area contributed by atoms with Crippen LogP contribution < -0.4 is 15.4 Å². The first-order valence-corrected chi connectivity index (χ1v) is 8.39. The van der Waals surface area contributed by atoms with Gasteiger partial charge in [0.15, 0.2) is 0 Å². The van der Waals surface area contributed by atoms with Gasteiger partial charge in [0.05, 0.1) is 7.11 Å².